The summed E-state index contributed by atoms with van der Waals surface area (Å²) in [5.41, 5.74) is 2.12. The molecule has 0 aliphatic heterocycles. The molecule has 5 heteroatoms. The van der Waals surface area contributed by atoms with Gasteiger partial charge in [-0.2, -0.15) is 10.2 Å². The molecule has 0 atom stereocenters. The van der Waals surface area contributed by atoms with Gasteiger partial charge in [0, 0.05) is 15.9 Å². The molecule has 0 radical (unpaired) electrons. The van der Waals surface area contributed by atoms with Gasteiger partial charge in [-0.15, -0.1) is 0 Å². The number of pyridine rings is 1. The minimum atomic E-state index is 0.507. The molecule has 82 valence electrons. The lowest BCUT2D eigenvalue weighted by molar-refractivity contribution is -0.373. The number of hydrogen-bond donors (Lipinski definition) is 1. The highest BCUT2D eigenvalue weighted by atomic mass is 35.5. The van der Waals surface area contributed by atoms with E-state index in [4.69, 9.17) is 28.5 Å². The number of H-pyrrole nitrogens is 2. The molecule has 2 heterocycles. The number of rotatable bonds is 0. The van der Waals surface area contributed by atoms with Crippen molar-refractivity contribution in [3.8, 4) is 6.07 Å². The lowest BCUT2D eigenvalue weighted by Gasteiger charge is -1.91. The zero-order chi connectivity index (χ0) is 12.0. The SMILES string of the molecule is N#Cc1c[nH+]c(Cl)c2c1[nH]c1cc(Cl)ccc12. The molecule has 2 N–H and O–H groups in total. The number of nitrogens with zero attached hydrogens (tertiary/aromatic N) is 1. The van der Waals surface area contributed by atoms with Crippen molar-refractivity contribution in [3.05, 3.63) is 40.1 Å². The number of aromatic amines is 2. The second-order valence-electron chi connectivity index (χ2n) is 3.69. The summed E-state index contributed by atoms with van der Waals surface area (Å²) in [5, 5.41) is 12.0. The van der Waals surface area contributed by atoms with Gasteiger partial charge in [0.05, 0.1) is 10.9 Å². The summed E-state index contributed by atoms with van der Waals surface area (Å²) in [6.07, 6.45) is 1.58. The number of benzene rings is 1. The van der Waals surface area contributed by atoms with Crippen LogP contribution in [0.1, 0.15) is 5.56 Å². The van der Waals surface area contributed by atoms with Crippen LogP contribution in [-0.2, 0) is 0 Å². The van der Waals surface area contributed by atoms with Gasteiger partial charge in [-0.05, 0) is 23.7 Å². The Hall–Kier alpha value is -1.76. The zero-order valence-electron chi connectivity index (χ0n) is 8.51. The van der Waals surface area contributed by atoms with Crippen LogP contribution in [-0.4, -0.2) is 4.98 Å². The van der Waals surface area contributed by atoms with E-state index in [0.717, 1.165) is 21.8 Å². The molecule has 3 aromatic rings. The van der Waals surface area contributed by atoms with Gasteiger partial charge >= 0.3 is 0 Å². The van der Waals surface area contributed by atoms with Gasteiger partial charge in [-0.25, -0.2) is 0 Å². The standard InChI is InChI=1S/C12H5Cl2N3/c13-7-1-2-8-9(3-7)17-11-6(4-15)5-16-12(14)10(8)11/h1-3,5,17H/p+1. The van der Waals surface area contributed by atoms with Gasteiger partial charge in [-0.3, -0.25) is 0 Å². The molecule has 0 aliphatic rings. The number of nitriles is 1. The van der Waals surface area contributed by atoms with Crippen LogP contribution >= 0.6 is 23.2 Å². The molecule has 1 aromatic carbocycles. The Balaban J connectivity index is 2.60. The summed E-state index contributed by atoms with van der Waals surface area (Å²) in [6.45, 7) is 0. The summed E-state index contributed by atoms with van der Waals surface area (Å²) in [4.78, 5) is 6.04. The fourth-order valence-electron chi connectivity index (χ4n) is 1.97. The van der Waals surface area contributed by atoms with Crippen molar-refractivity contribution >= 4 is 45.0 Å². The molecule has 3 rings (SSSR count). The van der Waals surface area contributed by atoms with Crippen molar-refractivity contribution in [2.75, 3.05) is 0 Å². The van der Waals surface area contributed by atoms with E-state index >= 15 is 0 Å². The fourth-order valence-corrected chi connectivity index (χ4v) is 2.39. The van der Waals surface area contributed by atoms with E-state index < -0.39 is 0 Å². The van der Waals surface area contributed by atoms with Crippen molar-refractivity contribution in [1.82, 2.24) is 4.98 Å². The van der Waals surface area contributed by atoms with Crippen molar-refractivity contribution in [1.29, 1.82) is 5.26 Å². The molecular weight excluding hydrogens is 257 g/mol. The Bertz CT molecular complexity index is 784. The maximum Gasteiger partial charge on any atom is 0.283 e. The highest BCUT2D eigenvalue weighted by Gasteiger charge is 2.16. The Labute approximate surface area is 107 Å². The molecule has 0 amide bonds. The maximum absolute atomic E-state index is 9.05. The Morgan fingerprint density at radius 2 is 2.12 bits per heavy atom. The molecule has 0 aliphatic carbocycles. The van der Waals surface area contributed by atoms with Crippen LogP contribution < -0.4 is 4.98 Å². The van der Waals surface area contributed by atoms with E-state index in [1.165, 1.54) is 0 Å². The number of nitrogens with one attached hydrogen (secondary N) is 2. The van der Waals surface area contributed by atoms with E-state index in [1.807, 2.05) is 12.1 Å². The van der Waals surface area contributed by atoms with E-state index in [1.54, 1.807) is 12.3 Å². The van der Waals surface area contributed by atoms with Crippen molar-refractivity contribution < 1.29 is 4.98 Å². The second-order valence-corrected chi connectivity index (χ2v) is 4.51. The van der Waals surface area contributed by atoms with Crippen molar-refractivity contribution in [2.45, 2.75) is 0 Å². The molecule has 0 fully saturated rings. The summed E-state index contributed by atoms with van der Waals surface area (Å²) >= 11 is 12.1. The summed E-state index contributed by atoms with van der Waals surface area (Å²) in [7, 11) is 0. The minimum absolute atomic E-state index is 0.507. The quantitative estimate of drug-likeness (QED) is 0.621. The van der Waals surface area contributed by atoms with Gasteiger partial charge in [0.25, 0.3) is 5.15 Å². The number of hydrogen-bond acceptors (Lipinski definition) is 1. The normalized spacial score (nSPS) is 10.9. The third kappa shape index (κ3) is 1.46. The van der Waals surface area contributed by atoms with Crippen molar-refractivity contribution in [3.63, 3.8) is 0 Å². The first-order valence-electron chi connectivity index (χ1n) is 4.92. The number of halogens is 2. The predicted molar refractivity (Wildman–Crippen MR) is 67.1 cm³/mol. The average Bonchev–Trinajstić information content (AvgIpc) is 2.68. The van der Waals surface area contributed by atoms with E-state index in [-0.39, 0.29) is 0 Å². The van der Waals surface area contributed by atoms with Gasteiger partial charge < -0.3 is 4.98 Å². The second kappa shape index (κ2) is 3.63. The molecule has 0 unspecified atom stereocenters. The first kappa shape index (κ1) is 10.4. The highest BCUT2D eigenvalue weighted by molar-refractivity contribution is 6.36. The average molecular weight is 263 g/mol. The lowest BCUT2D eigenvalue weighted by atomic mass is 10.1. The Morgan fingerprint density at radius 1 is 1.29 bits per heavy atom. The van der Waals surface area contributed by atoms with E-state index in [2.05, 4.69) is 16.0 Å². The zero-order valence-corrected chi connectivity index (χ0v) is 10.0. The van der Waals surface area contributed by atoms with Gasteiger partial charge in [0.15, 0.2) is 6.20 Å². The maximum atomic E-state index is 9.05. The summed E-state index contributed by atoms with van der Waals surface area (Å²) < 4.78 is 0. The summed E-state index contributed by atoms with van der Waals surface area (Å²) in [5.74, 6) is 0. The van der Waals surface area contributed by atoms with Crippen LogP contribution in [0.5, 0.6) is 0 Å². The monoisotopic (exact) mass is 262 g/mol. The molecule has 0 saturated heterocycles. The molecule has 0 bridgehead atoms. The molecule has 0 saturated carbocycles. The molecule has 3 nitrogen and oxygen atoms in total. The minimum Gasteiger partial charge on any atom is -0.353 e. The van der Waals surface area contributed by atoms with E-state index in [9.17, 15) is 0 Å². The lowest BCUT2D eigenvalue weighted by Crippen LogP contribution is -2.04. The van der Waals surface area contributed by atoms with E-state index in [0.29, 0.717) is 15.7 Å². The van der Waals surface area contributed by atoms with Crippen molar-refractivity contribution in [2.24, 2.45) is 0 Å². The van der Waals surface area contributed by atoms with Gasteiger partial charge in [0.2, 0.25) is 0 Å². The topological polar surface area (TPSA) is 53.7 Å². The fraction of sp³-hybridized carbons (Fsp3) is 0. The van der Waals surface area contributed by atoms with Crippen LogP contribution in [0.25, 0.3) is 21.8 Å². The number of aromatic nitrogens is 2. The molecule has 0 spiro atoms. The third-order valence-corrected chi connectivity index (χ3v) is 3.25. The van der Waals surface area contributed by atoms with Crippen LogP contribution in [0.4, 0.5) is 0 Å². The van der Waals surface area contributed by atoms with Crippen LogP contribution in [0.3, 0.4) is 0 Å². The molecule has 2 aromatic heterocycles. The van der Waals surface area contributed by atoms with Crippen LogP contribution in [0.2, 0.25) is 10.2 Å². The molecule has 17 heavy (non-hydrogen) atoms. The number of fused-ring (bicyclic) bond motifs is 3. The highest BCUT2D eigenvalue weighted by Crippen LogP contribution is 2.31. The third-order valence-electron chi connectivity index (χ3n) is 2.71. The first-order chi connectivity index (χ1) is 8.20. The smallest absolute Gasteiger partial charge is 0.283 e. The Kier molecular flexibility index (Phi) is 2.22. The summed E-state index contributed by atoms with van der Waals surface area (Å²) in [6, 6.07) is 7.62. The predicted octanol–water partition coefficient (Wildman–Crippen LogP) is 3.31. The van der Waals surface area contributed by atoms with Gasteiger partial charge in [0.1, 0.15) is 11.6 Å². The first-order valence-corrected chi connectivity index (χ1v) is 5.67. The van der Waals surface area contributed by atoms with Crippen LogP contribution in [0.15, 0.2) is 24.4 Å². The van der Waals surface area contributed by atoms with Crippen LogP contribution in [0, 0.1) is 11.3 Å². The molecular formula is C12H6Cl2N3+. The largest absolute Gasteiger partial charge is 0.353 e. The Morgan fingerprint density at radius 3 is 2.88 bits per heavy atom. The van der Waals surface area contributed by atoms with Gasteiger partial charge in [-0.1, -0.05) is 17.7 Å².